The van der Waals surface area contributed by atoms with Crippen molar-refractivity contribution in [1.82, 2.24) is 5.32 Å². The highest BCUT2D eigenvalue weighted by Crippen LogP contribution is 2.31. The highest BCUT2D eigenvalue weighted by molar-refractivity contribution is 6.08. The Morgan fingerprint density at radius 1 is 0.880 bits per heavy atom. The number of carbonyl (C=O) groups excluding carboxylic acids is 2. The molecule has 0 aliphatic carbocycles. The minimum Gasteiger partial charge on any atom is -0.305 e. The molecule has 2 aromatic carbocycles. The smallest absolute Gasteiger partial charge is 0.305 e. The van der Waals surface area contributed by atoms with Gasteiger partial charge in [0.15, 0.2) is 0 Å². The summed E-state index contributed by atoms with van der Waals surface area (Å²) in [5, 5.41) is 3.31. The van der Waals surface area contributed by atoms with Crippen molar-refractivity contribution < 1.29 is 35.9 Å². The molecule has 0 saturated carbocycles. The Balaban J connectivity index is 2.12. The van der Waals surface area contributed by atoms with Gasteiger partial charge in [0.25, 0.3) is 5.91 Å². The van der Waals surface area contributed by atoms with Crippen LogP contribution < -0.4 is 10.6 Å². The van der Waals surface area contributed by atoms with E-state index in [-0.39, 0.29) is 6.07 Å². The fraction of sp³-hybridized carbons (Fsp3) is 0.0667. The molecule has 132 valence electrons. The molecule has 0 fully saturated rings. The average Bonchev–Trinajstić information content (AvgIpc) is 2.48. The van der Waals surface area contributed by atoms with Crippen LogP contribution >= 0.6 is 0 Å². The van der Waals surface area contributed by atoms with E-state index in [1.807, 2.05) is 0 Å². The minimum absolute atomic E-state index is 0.147. The van der Waals surface area contributed by atoms with Crippen LogP contribution in [-0.4, -0.2) is 11.9 Å². The lowest BCUT2D eigenvalue weighted by Gasteiger charge is -2.11. The van der Waals surface area contributed by atoms with Crippen LogP contribution in [0.1, 0.15) is 15.9 Å². The van der Waals surface area contributed by atoms with Crippen molar-refractivity contribution in [3.63, 3.8) is 0 Å². The first-order chi connectivity index (χ1) is 11.6. The summed E-state index contributed by atoms with van der Waals surface area (Å²) >= 11 is 0. The molecule has 2 aromatic rings. The number of halogens is 6. The molecular formula is C15H8F6N2O2. The van der Waals surface area contributed by atoms with Crippen LogP contribution in [0, 0.1) is 17.5 Å². The van der Waals surface area contributed by atoms with Gasteiger partial charge in [0.05, 0.1) is 11.3 Å². The minimum atomic E-state index is -4.78. The van der Waals surface area contributed by atoms with Crippen LogP contribution in [0.25, 0.3) is 0 Å². The maximum Gasteiger partial charge on any atom is 0.416 e. The maximum absolute atomic E-state index is 13.6. The van der Waals surface area contributed by atoms with Gasteiger partial charge in [-0.05, 0) is 30.3 Å². The predicted octanol–water partition coefficient (Wildman–Crippen LogP) is 4.08. The summed E-state index contributed by atoms with van der Waals surface area (Å²) in [4.78, 5) is 23.2. The van der Waals surface area contributed by atoms with Gasteiger partial charge in [-0.3, -0.25) is 10.1 Å². The summed E-state index contributed by atoms with van der Waals surface area (Å²) in [5.74, 6) is -5.31. The zero-order valence-corrected chi connectivity index (χ0v) is 12.0. The quantitative estimate of drug-likeness (QED) is 0.791. The van der Waals surface area contributed by atoms with Crippen molar-refractivity contribution in [3.05, 3.63) is 65.0 Å². The summed E-state index contributed by atoms with van der Waals surface area (Å²) in [6, 6.07) is 2.47. The van der Waals surface area contributed by atoms with E-state index in [0.717, 1.165) is 18.2 Å². The van der Waals surface area contributed by atoms with Gasteiger partial charge in [-0.1, -0.05) is 6.07 Å². The summed E-state index contributed by atoms with van der Waals surface area (Å²) in [7, 11) is 0. The van der Waals surface area contributed by atoms with Crippen LogP contribution in [0.4, 0.5) is 36.8 Å². The van der Waals surface area contributed by atoms with Crippen molar-refractivity contribution in [3.8, 4) is 0 Å². The third-order valence-electron chi connectivity index (χ3n) is 2.96. The molecule has 4 nitrogen and oxygen atoms in total. The molecule has 25 heavy (non-hydrogen) atoms. The predicted molar refractivity (Wildman–Crippen MR) is 74.2 cm³/mol. The van der Waals surface area contributed by atoms with Gasteiger partial charge in [-0.15, -0.1) is 0 Å². The third-order valence-corrected chi connectivity index (χ3v) is 2.96. The number of benzene rings is 2. The molecule has 3 amide bonds. The van der Waals surface area contributed by atoms with Crippen molar-refractivity contribution >= 4 is 17.6 Å². The monoisotopic (exact) mass is 362 g/mol. The largest absolute Gasteiger partial charge is 0.416 e. The lowest BCUT2D eigenvalue weighted by atomic mass is 10.2. The van der Waals surface area contributed by atoms with Crippen LogP contribution in [0.2, 0.25) is 0 Å². The highest BCUT2D eigenvalue weighted by atomic mass is 19.4. The lowest BCUT2D eigenvalue weighted by Crippen LogP contribution is -2.35. The SMILES string of the molecule is O=C(NC(=O)c1c(F)cccc1F)Nc1ccc(C(F)(F)F)cc1F. The number of hydrogen-bond acceptors (Lipinski definition) is 2. The maximum atomic E-state index is 13.6. The number of carbonyl (C=O) groups is 2. The molecule has 2 rings (SSSR count). The van der Waals surface area contributed by atoms with Crippen LogP contribution in [0.15, 0.2) is 36.4 Å². The first kappa shape index (κ1) is 18.3. The molecule has 0 heterocycles. The van der Waals surface area contributed by atoms with Gasteiger partial charge in [-0.2, -0.15) is 13.2 Å². The molecule has 0 unspecified atom stereocenters. The van der Waals surface area contributed by atoms with Gasteiger partial charge < -0.3 is 5.32 Å². The second-order valence-corrected chi connectivity index (χ2v) is 4.70. The van der Waals surface area contributed by atoms with Gasteiger partial charge in [0.2, 0.25) is 0 Å². The summed E-state index contributed by atoms with van der Waals surface area (Å²) in [5.41, 5.74) is -2.97. The number of anilines is 1. The van der Waals surface area contributed by atoms with E-state index in [4.69, 9.17) is 0 Å². The van der Waals surface area contributed by atoms with Crippen LogP contribution in [-0.2, 0) is 6.18 Å². The molecule has 0 bridgehead atoms. The Morgan fingerprint density at radius 3 is 2.00 bits per heavy atom. The Labute approximate surface area is 136 Å². The number of hydrogen-bond donors (Lipinski definition) is 2. The Morgan fingerprint density at radius 2 is 1.48 bits per heavy atom. The molecule has 0 spiro atoms. The first-order valence-electron chi connectivity index (χ1n) is 6.52. The fourth-order valence-corrected chi connectivity index (χ4v) is 1.83. The standard InChI is InChI=1S/C15H8F6N2O2/c16-8-2-1-3-9(17)12(8)13(24)23-14(25)22-11-5-4-7(6-10(11)18)15(19,20)21/h1-6H,(H2,22,23,24,25). The molecular weight excluding hydrogens is 354 g/mol. The number of rotatable bonds is 2. The number of imide groups is 1. The summed E-state index contributed by atoms with van der Waals surface area (Å²) < 4.78 is 77.6. The lowest BCUT2D eigenvalue weighted by molar-refractivity contribution is -0.137. The number of amides is 3. The molecule has 0 aromatic heterocycles. The Bertz CT molecular complexity index is 815. The van der Waals surface area contributed by atoms with Gasteiger partial charge in [0, 0.05) is 0 Å². The van der Waals surface area contributed by atoms with E-state index < -0.39 is 52.4 Å². The normalized spacial score (nSPS) is 11.1. The molecule has 2 N–H and O–H groups in total. The fourth-order valence-electron chi connectivity index (χ4n) is 1.83. The van der Waals surface area contributed by atoms with Crippen LogP contribution in [0.5, 0.6) is 0 Å². The van der Waals surface area contributed by atoms with E-state index in [9.17, 15) is 35.9 Å². The Kier molecular flexibility index (Phi) is 5.00. The van der Waals surface area contributed by atoms with E-state index >= 15 is 0 Å². The summed E-state index contributed by atoms with van der Waals surface area (Å²) in [6.07, 6.45) is -4.78. The number of alkyl halides is 3. The van der Waals surface area contributed by atoms with E-state index in [1.165, 1.54) is 0 Å². The highest BCUT2D eigenvalue weighted by Gasteiger charge is 2.31. The van der Waals surface area contributed by atoms with Crippen molar-refractivity contribution in [2.24, 2.45) is 0 Å². The molecule has 10 heteroatoms. The topological polar surface area (TPSA) is 58.2 Å². The Hall–Kier alpha value is -3.04. The molecule has 0 saturated heterocycles. The van der Waals surface area contributed by atoms with Crippen LogP contribution in [0.3, 0.4) is 0 Å². The van der Waals surface area contributed by atoms with Gasteiger partial charge >= 0.3 is 12.2 Å². The van der Waals surface area contributed by atoms with Crippen molar-refractivity contribution in [1.29, 1.82) is 0 Å². The second kappa shape index (κ2) is 6.83. The van der Waals surface area contributed by atoms with E-state index in [2.05, 4.69) is 0 Å². The molecule has 0 radical (unpaired) electrons. The first-order valence-corrected chi connectivity index (χ1v) is 6.52. The number of urea groups is 1. The average molecular weight is 362 g/mol. The third kappa shape index (κ3) is 4.28. The van der Waals surface area contributed by atoms with E-state index in [1.54, 1.807) is 10.6 Å². The second-order valence-electron chi connectivity index (χ2n) is 4.70. The molecule has 0 aliphatic heterocycles. The van der Waals surface area contributed by atoms with Crippen molar-refractivity contribution in [2.45, 2.75) is 6.18 Å². The zero-order chi connectivity index (χ0) is 18.8. The molecule has 0 aliphatic rings. The van der Waals surface area contributed by atoms with Gasteiger partial charge in [-0.25, -0.2) is 18.0 Å². The zero-order valence-electron chi connectivity index (χ0n) is 12.0. The van der Waals surface area contributed by atoms with E-state index in [0.29, 0.717) is 12.1 Å². The van der Waals surface area contributed by atoms with Gasteiger partial charge in [0.1, 0.15) is 23.0 Å². The van der Waals surface area contributed by atoms with Crippen molar-refractivity contribution in [2.75, 3.05) is 5.32 Å². The molecule has 0 atom stereocenters. The summed E-state index contributed by atoms with van der Waals surface area (Å²) in [6.45, 7) is 0. The number of nitrogens with one attached hydrogen (secondary N) is 2.